The van der Waals surface area contributed by atoms with Crippen molar-refractivity contribution in [3.05, 3.63) is 64.3 Å². The van der Waals surface area contributed by atoms with E-state index in [-0.39, 0.29) is 0 Å². The Morgan fingerprint density at radius 1 is 1.00 bits per heavy atom. The Kier molecular flexibility index (Phi) is 5.28. The minimum Gasteiger partial charge on any atom is -0.338 e. The number of anilines is 4. The number of aromatic nitrogens is 3. The van der Waals surface area contributed by atoms with Crippen LogP contribution in [0.2, 0.25) is 0 Å². The van der Waals surface area contributed by atoms with Gasteiger partial charge in [0.05, 0.1) is 11.9 Å². The summed E-state index contributed by atoms with van der Waals surface area (Å²) in [5.74, 6) is 1.58. The lowest BCUT2D eigenvalue weighted by Gasteiger charge is -2.10. The second-order valence-corrected chi connectivity index (χ2v) is 7.03. The van der Waals surface area contributed by atoms with Crippen LogP contribution < -0.4 is 10.6 Å². The largest absolute Gasteiger partial charge is 0.338 e. The van der Waals surface area contributed by atoms with Crippen molar-refractivity contribution in [2.75, 3.05) is 10.6 Å². The van der Waals surface area contributed by atoms with E-state index >= 15 is 0 Å². The van der Waals surface area contributed by atoms with Gasteiger partial charge in [-0.05, 0) is 64.2 Å². The summed E-state index contributed by atoms with van der Waals surface area (Å²) in [6, 6.07) is 14.3. The minimum absolute atomic E-state index is 0.450. The van der Waals surface area contributed by atoms with Crippen molar-refractivity contribution in [3.8, 4) is 0 Å². The molecule has 128 valence electrons. The number of nitrogens with zero attached hydrogens (tertiary/aromatic N) is 3. The topological polar surface area (TPSA) is 62.7 Å². The molecule has 1 heterocycles. The molecule has 1 aromatic heterocycles. The fourth-order valence-corrected chi connectivity index (χ4v) is 2.95. The third kappa shape index (κ3) is 4.54. The number of hydrogen-bond acceptors (Lipinski definition) is 5. The van der Waals surface area contributed by atoms with Gasteiger partial charge in [0, 0.05) is 10.2 Å². The number of aryl methyl sites for hydroxylation is 1. The highest BCUT2D eigenvalue weighted by Crippen LogP contribution is 2.26. The van der Waals surface area contributed by atoms with Crippen molar-refractivity contribution in [2.24, 2.45) is 0 Å². The Balaban J connectivity index is 1.75. The number of halogens is 1. The van der Waals surface area contributed by atoms with E-state index in [1.54, 1.807) is 6.20 Å². The lowest BCUT2D eigenvalue weighted by atomic mass is 10.0. The lowest BCUT2D eigenvalue weighted by molar-refractivity contribution is 0.867. The third-order valence-corrected chi connectivity index (χ3v) is 4.44. The van der Waals surface area contributed by atoms with Gasteiger partial charge in [0.25, 0.3) is 0 Å². The van der Waals surface area contributed by atoms with Gasteiger partial charge in [-0.15, -0.1) is 5.10 Å². The zero-order valence-electron chi connectivity index (χ0n) is 14.4. The molecule has 0 aliphatic heterocycles. The standard InChI is InChI=1S/C19H20BrN5/c1-12(2)14-5-7-15(8-6-14)22-19-24-18(11-21-25-19)23-17-9-4-13(3)10-16(17)20/h4-12H,1-3H3,(H2,22,23,24,25). The third-order valence-electron chi connectivity index (χ3n) is 3.78. The smallest absolute Gasteiger partial charge is 0.249 e. The fourth-order valence-electron chi connectivity index (χ4n) is 2.36. The molecule has 3 rings (SSSR count). The van der Waals surface area contributed by atoms with Crippen molar-refractivity contribution >= 4 is 39.1 Å². The van der Waals surface area contributed by atoms with Gasteiger partial charge in [-0.2, -0.15) is 10.1 Å². The van der Waals surface area contributed by atoms with Crippen molar-refractivity contribution in [1.29, 1.82) is 0 Å². The summed E-state index contributed by atoms with van der Waals surface area (Å²) in [6.07, 6.45) is 1.60. The van der Waals surface area contributed by atoms with Crippen LogP contribution in [0.4, 0.5) is 23.1 Å². The van der Waals surface area contributed by atoms with Crippen LogP contribution in [0.1, 0.15) is 30.9 Å². The van der Waals surface area contributed by atoms with Crippen molar-refractivity contribution < 1.29 is 0 Å². The summed E-state index contributed by atoms with van der Waals surface area (Å²) in [5, 5.41) is 14.5. The molecule has 0 fully saturated rings. The summed E-state index contributed by atoms with van der Waals surface area (Å²) in [5.41, 5.74) is 4.34. The average molecular weight is 398 g/mol. The molecule has 5 nitrogen and oxygen atoms in total. The van der Waals surface area contributed by atoms with Gasteiger partial charge in [-0.3, -0.25) is 0 Å². The molecule has 2 N–H and O–H groups in total. The molecule has 0 bridgehead atoms. The Morgan fingerprint density at radius 3 is 2.44 bits per heavy atom. The Morgan fingerprint density at radius 2 is 1.76 bits per heavy atom. The molecular formula is C19H20BrN5. The van der Waals surface area contributed by atoms with Crippen LogP contribution in [-0.4, -0.2) is 15.2 Å². The maximum Gasteiger partial charge on any atom is 0.249 e. The molecule has 0 aliphatic carbocycles. The molecule has 3 aromatic rings. The van der Waals surface area contributed by atoms with Gasteiger partial charge in [0.15, 0.2) is 5.82 Å². The Hall–Kier alpha value is -2.47. The van der Waals surface area contributed by atoms with Crippen LogP contribution in [0.5, 0.6) is 0 Å². The molecule has 0 saturated heterocycles. The van der Waals surface area contributed by atoms with Crippen LogP contribution >= 0.6 is 15.9 Å². The molecule has 0 amide bonds. The first-order valence-corrected chi connectivity index (χ1v) is 8.90. The molecule has 25 heavy (non-hydrogen) atoms. The highest BCUT2D eigenvalue weighted by Gasteiger charge is 2.05. The Bertz CT molecular complexity index is 862. The summed E-state index contributed by atoms with van der Waals surface area (Å²) in [4.78, 5) is 4.47. The summed E-state index contributed by atoms with van der Waals surface area (Å²) < 4.78 is 0.977. The molecule has 0 aliphatic rings. The maximum atomic E-state index is 4.47. The van der Waals surface area contributed by atoms with Crippen LogP contribution in [0, 0.1) is 6.92 Å². The van der Waals surface area contributed by atoms with E-state index in [9.17, 15) is 0 Å². The first kappa shape index (κ1) is 17.4. The molecule has 2 aromatic carbocycles. The van der Waals surface area contributed by atoms with E-state index in [0.29, 0.717) is 17.7 Å². The van der Waals surface area contributed by atoms with Crippen molar-refractivity contribution in [1.82, 2.24) is 15.2 Å². The van der Waals surface area contributed by atoms with E-state index in [2.05, 4.69) is 67.7 Å². The molecular weight excluding hydrogens is 378 g/mol. The van der Waals surface area contributed by atoms with E-state index in [4.69, 9.17) is 0 Å². The fraction of sp³-hybridized carbons (Fsp3) is 0.211. The first-order chi connectivity index (χ1) is 12.0. The van der Waals surface area contributed by atoms with Crippen LogP contribution in [0.25, 0.3) is 0 Å². The second kappa shape index (κ2) is 7.61. The highest BCUT2D eigenvalue weighted by molar-refractivity contribution is 9.10. The quantitative estimate of drug-likeness (QED) is 0.590. The average Bonchev–Trinajstić information content (AvgIpc) is 2.58. The zero-order chi connectivity index (χ0) is 17.8. The number of hydrogen-bond donors (Lipinski definition) is 2. The Labute approximate surface area is 156 Å². The predicted molar refractivity (Wildman–Crippen MR) is 106 cm³/mol. The van der Waals surface area contributed by atoms with Crippen LogP contribution in [0.3, 0.4) is 0 Å². The predicted octanol–water partition coefficient (Wildman–Crippen LogP) is 5.55. The lowest BCUT2D eigenvalue weighted by Crippen LogP contribution is -2.03. The van der Waals surface area contributed by atoms with E-state index in [1.807, 2.05) is 37.3 Å². The second-order valence-electron chi connectivity index (χ2n) is 6.18. The monoisotopic (exact) mass is 397 g/mol. The van der Waals surface area contributed by atoms with E-state index in [1.165, 1.54) is 11.1 Å². The summed E-state index contributed by atoms with van der Waals surface area (Å²) in [6.45, 7) is 6.40. The number of rotatable bonds is 5. The van der Waals surface area contributed by atoms with Crippen molar-refractivity contribution in [2.45, 2.75) is 26.7 Å². The van der Waals surface area contributed by atoms with Gasteiger partial charge in [-0.1, -0.05) is 32.0 Å². The molecule has 0 radical (unpaired) electrons. The molecule has 0 spiro atoms. The van der Waals surface area contributed by atoms with E-state index in [0.717, 1.165) is 15.8 Å². The van der Waals surface area contributed by atoms with Gasteiger partial charge in [0.2, 0.25) is 5.95 Å². The van der Waals surface area contributed by atoms with Gasteiger partial charge in [0.1, 0.15) is 0 Å². The molecule has 0 unspecified atom stereocenters. The zero-order valence-corrected chi connectivity index (χ0v) is 16.0. The highest BCUT2D eigenvalue weighted by atomic mass is 79.9. The normalized spacial score (nSPS) is 10.8. The maximum absolute atomic E-state index is 4.47. The van der Waals surface area contributed by atoms with Gasteiger partial charge < -0.3 is 10.6 Å². The van der Waals surface area contributed by atoms with Crippen molar-refractivity contribution in [3.63, 3.8) is 0 Å². The molecule has 0 saturated carbocycles. The molecule has 6 heteroatoms. The van der Waals surface area contributed by atoms with Gasteiger partial charge in [-0.25, -0.2) is 0 Å². The minimum atomic E-state index is 0.450. The first-order valence-electron chi connectivity index (χ1n) is 8.11. The van der Waals surface area contributed by atoms with Crippen LogP contribution in [-0.2, 0) is 0 Å². The summed E-state index contributed by atoms with van der Waals surface area (Å²) in [7, 11) is 0. The van der Waals surface area contributed by atoms with E-state index < -0.39 is 0 Å². The van der Waals surface area contributed by atoms with Gasteiger partial charge >= 0.3 is 0 Å². The van der Waals surface area contributed by atoms with Crippen LogP contribution in [0.15, 0.2) is 53.1 Å². The number of nitrogens with one attached hydrogen (secondary N) is 2. The number of benzene rings is 2. The molecule has 0 atom stereocenters. The SMILES string of the molecule is Cc1ccc(Nc2cnnc(Nc3ccc(C(C)C)cc3)n2)c(Br)c1. The summed E-state index contributed by atoms with van der Waals surface area (Å²) >= 11 is 3.55.